The molecule has 1 aromatic carbocycles. The molecule has 1 aromatic rings. The normalized spacial score (nSPS) is 20.0. The van der Waals surface area contributed by atoms with Crippen LogP contribution < -0.4 is 0 Å². The molecule has 2 heteroatoms. The summed E-state index contributed by atoms with van der Waals surface area (Å²) in [7, 11) is 0. The van der Waals surface area contributed by atoms with Gasteiger partial charge in [-0.15, -0.1) is 0 Å². The van der Waals surface area contributed by atoms with Gasteiger partial charge in [-0.05, 0) is 30.4 Å². The molecular weight excluding hydrogens is 308 g/mol. The van der Waals surface area contributed by atoms with Gasteiger partial charge in [-0.2, -0.15) is 0 Å². The summed E-state index contributed by atoms with van der Waals surface area (Å²) in [6.07, 6.45) is 14.5. The van der Waals surface area contributed by atoms with Gasteiger partial charge in [0.1, 0.15) is 6.10 Å². The Morgan fingerprint density at radius 1 is 0.880 bits per heavy atom. The molecule has 1 aliphatic heterocycles. The molecule has 140 valence electrons. The first kappa shape index (κ1) is 20.0. The number of aryl methyl sites for hydroxylation is 1. The first-order valence-electron chi connectivity index (χ1n) is 10.5. The van der Waals surface area contributed by atoms with Crippen molar-refractivity contribution in [1.29, 1.82) is 0 Å². The summed E-state index contributed by atoms with van der Waals surface area (Å²) in [4.78, 5) is 12.1. The molecule has 0 unspecified atom stereocenters. The number of ether oxygens (including phenoxy) is 1. The highest BCUT2D eigenvalue weighted by Crippen LogP contribution is 2.36. The van der Waals surface area contributed by atoms with Crippen molar-refractivity contribution in [2.45, 2.75) is 97.0 Å². The molecule has 0 N–H and O–H groups in total. The molecule has 1 fully saturated rings. The van der Waals surface area contributed by atoms with Crippen LogP contribution in [-0.4, -0.2) is 5.97 Å². The van der Waals surface area contributed by atoms with Crippen LogP contribution >= 0.6 is 0 Å². The van der Waals surface area contributed by atoms with E-state index in [1.165, 1.54) is 62.5 Å². The van der Waals surface area contributed by atoms with Gasteiger partial charge in [0.2, 0.25) is 0 Å². The van der Waals surface area contributed by atoms with E-state index in [0.717, 1.165) is 25.7 Å². The number of esters is 1. The average molecular weight is 345 g/mol. The van der Waals surface area contributed by atoms with Gasteiger partial charge in [-0.3, -0.25) is 4.79 Å². The smallest absolute Gasteiger partial charge is 0.309 e. The Labute approximate surface area is 154 Å². The molecule has 0 aromatic heterocycles. The van der Waals surface area contributed by atoms with E-state index in [1.807, 2.05) is 0 Å². The Morgan fingerprint density at radius 2 is 1.52 bits per heavy atom. The third kappa shape index (κ3) is 6.84. The maximum atomic E-state index is 12.1. The van der Waals surface area contributed by atoms with Gasteiger partial charge in [0.05, 0.1) is 5.92 Å². The summed E-state index contributed by atoms with van der Waals surface area (Å²) in [5.41, 5.74) is 2.57. The van der Waals surface area contributed by atoms with Gasteiger partial charge in [0.15, 0.2) is 0 Å². The highest BCUT2D eigenvalue weighted by Gasteiger charge is 2.34. The zero-order valence-electron chi connectivity index (χ0n) is 16.3. The highest BCUT2D eigenvalue weighted by atomic mass is 16.5. The van der Waals surface area contributed by atoms with E-state index in [-0.39, 0.29) is 18.0 Å². The van der Waals surface area contributed by atoms with Gasteiger partial charge in [0, 0.05) is 6.42 Å². The minimum absolute atomic E-state index is 0.0153. The third-order valence-corrected chi connectivity index (χ3v) is 5.42. The summed E-state index contributed by atoms with van der Waals surface area (Å²) >= 11 is 0. The summed E-state index contributed by atoms with van der Waals surface area (Å²) in [5.74, 6) is 0.126. The standard InChI is InChI=1S/C23H36O2/c1-3-5-7-9-10-12-19-14-16-20(17-15-19)22-18-21(23(24)25-22)13-11-8-6-4-2/h14-17,21-22H,3-13,18H2,1-2H3/t21-,22-/m0/s1. The largest absolute Gasteiger partial charge is 0.457 e. The molecule has 2 nitrogen and oxygen atoms in total. The van der Waals surface area contributed by atoms with Crippen molar-refractivity contribution in [2.24, 2.45) is 5.92 Å². The van der Waals surface area contributed by atoms with Crippen molar-refractivity contribution in [3.63, 3.8) is 0 Å². The second-order valence-corrected chi connectivity index (χ2v) is 7.61. The van der Waals surface area contributed by atoms with Crippen LogP contribution in [0.2, 0.25) is 0 Å². The minimum atomic E-state index is -0.0257. The fraction of sp³-hybridized carbons (Fsp3) is 0.696. The van der Waals surface area contributed by atoms with Gasteiger partial charge in [0.25, 0.3) is 0 Å². The zero-order chi connectivity index (χ0) is 17.9. The third-order valence-electron chi connectivity index (χ3n) is 5.42. The van der Waals surface area contributed by atoms with E-state index < -0.39 is 0 Å². The zero-order valence-corrected chi connectivity index (χ0v) is 16.3. The molecule has 0 spiro atoms. The maximum absolute atomic E-state index is 12.1. The molecule has 0 saturated carbocycles. The van der Waals surface area contributed by atoms with Crippen LogP contribution in [0.25, 0.3) is 0 Å². The predicted molar refractivity (Wildman–Crippen MR) is 105 cm³/mol. The quantitative estimate of drug-likeness (QED) is 0.309. The van der Waals surface area contributed by atoms with E-state index in [4.69, 9.17) is 4.74 Å². The second-order valence-electron chi connectivity index (χ2n) is 7.61. The number of hydrogen-bond donors (Lipinski definition) is 0. The molecule has 0 radical (unpaired) electrons. The fourth-order valence-electron chi connectivity index (χ4n) is 3.73. The number of cyclic esters (lactones) is 1. The number of carbonyl (C=O) groups excluding carboxylic acids is 1. The van der Waals surface area contributed by atoms with Crippen LogP contribution in [0.1, 0.15) is 102 Å². The van der Waals surface area contributed by atoms with Crippen LogP contribution in [-0.2, 0) is 16.0 Å². The number of hydrogen-bond acceptors (Lipinski definition) is 2. The van der Waals surface area contributed by atoms with Gasteiger partial charge >= 0.3 is 5.97 Å². The minimum Gasteiger partial charge on any atom is -0.457 e. The van der Waals surface area contributed by atoms with E-state index >= 15 is 0 Å². The monoisotopic (exact) mass is 344 g/mol. The first-order chi connectivity index (χ1) is 12.2. The van der Waals surface area contributed by atoms with Crippen molar-refractivity contribution < 1.29 is 9.53 Å². The van der Waals surface area contributed by atoms with E-state index in [9.17, 15) is 4.79 Å². The predicted octanol–water partition coefficient (Wildman–Crippen LogP) is 6.77. The van der Waals surface area contributed by atoms with Crippen LogP contribution in [0.15, 0.2) is 24.3 Å². The SMILES string of the molecule is CCCCCCCc1ccc([C@@H]2C[C@H](CCCCCC)C(=O)O2)cc1. The number of benzene rings is 1. The second kappa shape index (κ2) is 11.3. The molecule has 2 atom stereocenters. The summed E-state index contributed by atoms with van der Waals surface area (Å²) in [6, 6.07) is 8.77. The van der Waals surface area contributed by atoms with E-state index in [0.29, 0.717) is 0 Å². The number of carbonyl (C=O) groups is 1. The topological polar surface area (TPSA) is 26.3 Å². The molecule has 0 aliphatic carbocycles. The number of rotatable bonds is 12. The molecule has 1 saturated heterocycles. The van der Waals surface area contributed by atoms with Crippen LogP contribution in [0, 0.1) is 5.92 Å². The Balaban J connectivity index is 1.75. The Hall–Kier alpha value is -1.31. The average Bonchev–Trinajstić information content (AvgIpc) is 3.00. The molecule has 0 bridgehead atoms. The maximum Gasteiger partial charge on any atom is 0.309 e. The first-order valence-corrected chi connectivity index (χ1v) is 10.5. The molecular formula is C23H36O2. The van der Waals surface area contributed by atoms with Crippen molar-refractivity contribution in [3.8, 4) is 0 Å². The van der Waals surface area contributed by atoms with E-state index in [2.05, 4.69) is 38.1 Å². The van der Waals surface area contributed by atoms with Crippen molar-refractivity contribution in [3.05, 3.63) is 35.4 Å². The summed E-state index contributed by atoms with van der Waals surface area (Å²) in [6.45, 7) is 4.47. The highest BCUT2D eigenvalue weighted by molar-refractivity contribution is 5.74. The van der Waals surface area contributed by atoms with Crippen molar-refractivity contribution in [1.82, 2.24) is 0 Å². The van der Waals surface area contributed by atoms with Gasteiger partial charge < -0.3 is 4.74 Å². The van der Waals surface area contributed by atoms with Gasteiger partial charge in [-0.1, -0.05) is 89.5 Å². The lowest BCUT2D eigenvalue weighted by Gasteiger charge is -2.10. The molecule has 1 heterocycles. The van der Waals surface area contributed by atoms with E-state index in [1.54, 1.807) is 0 Å². The Morgan fingerprint density at radius 3 is 2.20 bits per heavy atom. The van der Waals surface area contributed by atoms with Crippen LogP contribution in [0.5, 0.6) is 0 Å². The Bertz CT molecular complexity index is 491. The van der Waals surface area contributed by atoms with Crippen LogP contribution in [0.4, 0.5) is 0 Å². The van der Waals surface area contributed by atoms with Crippen molar-refractivity contribution >= 4 is 5.97 Å². The number of unbranched alkanes of at least 4 members (excludes halogenated alkanes) is 7. The molecule has 0 amide bonds. The lowest BCUT2D eigenvalue weighted by atomic mass is 9.94. The van der Waals surface area contributed by atoms with Gasteiger partial charge in [-0.25, -0.2) is 0 Å². The summed E-state index contributed by atoms with van der Waals surface area (Å²) in [5, 5.41) is 0. The molecule has 2 rings (SSSR count). The Kier molecular flexibility index (Phi) is 9.07. The summed E-state index contributed by atoms with van der Waals surface area (Å²) < 4.78 is 5.64. The van der Waals surface area contributed by atoms with Crippen LogP contribution in [0.3, 0.4) is 0 Å². The molecule has 1 aliphatic rings. The lowest BCUT2D eigenvalue weighted by molar-refractivity contribution is -0.144. The van der Waals surface area contributed by atoms with Crippen molar-refractivity contribution in [2.75, 3.05) is 0 Å². The molecule has 25 heavy (non-hydrogen) atoms. The lowest BCUT2D eigenvalue weighted by Crippen LogP contribution is -2.06. The fourth-order valence-corrected chi connectivity index (χ4v) is 3.73.